The molecule has 12 heavy (non-hydrogen) atoms. The molecule has 0 aromatic carbocycles. The summed E-state index contributed by atoms with van der Waals surface area (Å²) in [6, 6.07) is 0. The zero-order valence-electron chi connectivity index (χ0n) is 7.40. The van der Waals surface area contributed by atoms with E-state index in [2.05, 4.69) is 4.98 Å². The number of aromatic nitrogens is 2. The lowest BCUT2D eigenvalue weighted by Gasteiger charge is -2.06. The summed E-state index contributed by atoms with van der Waals surface area (Å²) in [6.07, 6.45) is 1.68. The summed E-state index contributed by atoms with van der Waals surface area (Å²) in [5.41, 5.74) is 0.970. The molecule has 0 fully saturated rings. The predicted octanol–water partition coefficient (Wildman–Crippen LogP) is 0.917. The van der Waals surface area contributed by atoms with Crippen LogP contribution in [0.1, 0.15) is 24.4 Å². The van der Waals surface area contributed by atoms with E-state index in [0.717, 1.165) is 5.69 Å². The molecule has 0 aliphatic carbocycles. The van der Waals surface area contributed by atoms with Gasteiger partial charge in [0.25, 0.3) is 0 Å². The molecule has 0 saturated carbocycles. The second kappa shape index (κ2) is 2.97. The number of carboxylic acids is 1. The molecule has 0 spiro atoms. The molecule has 0 aliphatic heterocycles. The van der Waals surface area contributed by atoms with Gasteiger partial charge in [0.15, 0.2) is 0 Å². The maximum Gasteiger partial charge on any atom is 0.313 e. The van der Waals surface area contributed by atoms with Crippen molar-refractivity contribution in [2.24, 2.45) is 7.05 Å². The average molecular weight is 168 g/mol. The first kappa shape index (κ1) is 8.77. The van der Waals surface area contributed by atoms with E-state index in [1.165, 1.54) is 0 Å². The van der Waals surface area contributed by atoms with E-state index in [-0.39, 0.29) is 0 Å². The van der Waals surface area contributed by atoms with Crippen molar-refractivity contribution in [3.05, 3.63) is 17.7 Å². The Morgan fingerprint density at radius 2 is 2.33 bits per heavy atom. The predicted molar refractivity (Wildman–Crippen MR) is 44.0 cm³/mol. The molecule has 1 N–H and O–H groups in total. The normalized spacial score (nSPS) is 12.9. The molecule has 66 valence electrons. The molecule has 0 saturated heterocycles. The highest BCUT2D eigenvalue weighted by Gasteiger charge is 2.18. The number of aliphatic carboxylic acids is 1. The third-order valence-corrected chi connectivity index (χ3v) is 2.01. The number of nitrogens with zero attached hydrogens (tertiary/aromatic N) is 2. The molecule has 1 aromatic rings. The van der Waals surface area contributed by atoms with Crippen LogP contribution in [0.4, 0.5) is 0 Å². The maximum absolute atomic E-state index is 10.6. The number of carboxylic acid groups (broad SMARTS) is 1. The van der Waals surface area contributed by atoms with Crippen molar-refractivity contribution >= 4 is 5.97 Å². The number of imidazole rings is 1. The van der Waals surface area contributed by atoms with Gasteiger partial charge in [0, 0.05) is 18.9 Å². The molecule has 0 amide bonds. The van der Waals surface area contributed by atoms with Crippen molar-refractivity contribution in [2.75, 3.05) is 0 Å². The van der Waals surface area contributed by atoms with Gasteiger partial charge in [-0.25, -0.2) is 4.98 Å². The van der Waals surface area contributed by atoms with Gasteiger partial charge < -0.3 is 9.67 Å². The molecule has 1 heterocycles. The zero-order valence-corrected chi connectivity index (χ0v) is 7.40. The van der Waals surface area contributed by atoms with Gasteiger partial charge in [-0.1, -0.05) is 0 Å². The van der Waals surface area contributed by atoms with E-state index in [4.69, 9.17) is 5.11 Å². The molecule has 4 heteroatoms. The highest BCUT2D eigenvalue weighted by molar-refractivity contribution is 5.74. The van der Waals surface area contributed by atoms with Gasteiger partial charge in [-0.3, -0.25) is 4.79 Å². The third-order valence-electron chi connectivity index (χ3n) is 2.01. The van der Waals surface area contributed by atoms with Crippen LogP contribution in [0.3, 0.4) is 0 Å². The molecule has 1 aromatic heterocycles. The smallest absolute Gasteiger partial charge is 0.313 e. The second-order valence-corrected chi connectivity index (χ2v) is 2.88. The summed E-state index contributed by atoms with van der Waals surface area (Å²) in [6.45, 7) is 3.52. The van der Waals surface area contributed by atoms with Gasteiger partial charge in [0.1, 0.15) is 11.7 Å². The fourth-order valence-electron chi connectivity index (χ4n) is 1.03. The lowest BCUT2D eigenvalue weighted by molar-refractivity contribution is -0.138. The molecule has 1 unspecified atom stereocenters. The van der Waals surface area contributed by atoms with Crippen LogP contribution in [0.15, 0.2) is 6.20 Å². The molecule has 4 nitrogen and oxygen atoms in total. The Morgan fingerprint density at radius 3 is 2.67 bits per heavy atom. The van der Waals surface area contributed by atoms with Gasteiger partial charge in [0.05, 0.1) is 0 Å². The molecule has 0 aliphatic rings. The second-order valence-electron chi connectivity index (χ2n) is 2.88. The van der Waals surface area contributed by atoms with Crippen LogP contribution in [0, 0.1) is 6.92 Å². The van der Waals surface area contributed by atoms with E-state index < -0.39 is 11.9 Å². The Labute approximate surface area is 70.9 Å². The van der Waals surface area contributed by atoms with E-state index in [1.54, 1.807) is 17.7 Å². The van der Waals surface area contributed by atoms with E-state index >= 15 is 0 Å². The molecule has 1 rings (SSSR count). The average Bonchev–Trinajstić information content (AvgIpc) is 2.32. The standard InChI is InChI=1S/C8H12N2O2/c1-5-4-9-7(10(5)3)6(2)8(11)12/h4,6H,1-3H3,(H,11,12). The van der Waals surface area contributed by atoms with Gasteiger partial charge >= 0.3 is 5.97 Å². The maximum atomic E-state index is 10.6. The summed E-state index contributed by atoms with van der Waals surface area (Å²) in [4.78, 5) is 14.6. The fraction of sp³-hybridized carbons (Fsp3) is 0.500. The summed E-state index contributed by atoms with van der Waals surface area (Å²) in [7, 11) is 1.82. The first-order valence-corrected chi connectivity index (χ1v) is 3.75. The van der Waals surface area contributed by atoms with Crippen LogP contribution in [0.5, 0.6) is 0 Å². The monoisotopic (exact) mass is 168 g/mol. The number of rotatable bonds is 2. The lowest BCUT2D eigenvalue weighted by atomic mass is 10.2. The van der Waals surface area contributed by atoms with E-state index in [9.17, 15) is 4.79 Å². The molecule has 0 radical (unpaired) electrons. The molecular formula is C8H12N2O2. The molecular weight excluding hydrogens is 156 g/mol. The summed E-state index contributed by atoms with van der Waals surface area (Å²) < 4.78 is 1.79. The highest BCUT2D eigenvalue weighted by Crippen LogP contribution is 2.13. The van der Waals surface area contributed by atoms with Gasteiger partial charge in [-0.2, -0.15) is 0 Å². The van der Waals surface area contributed by atoms with Crippen molar-refractivity contribution in [1.29, 1.82) is 0 Å². The first-order valence-electron chi connectivity index (χ1n) is 3.75. The fourth-order valence-corrected chi connectivity index (χ4v) is 1.03. The Bertz CT molecular complexity index is 304. The van der Waals surface area contributed by atoms with Crippen LogP contribution in [0.25, 0.3) is 0 Å². The Morgan fingerprint density at radius 1 is 1.75 bits per heavy atom. The number of hydrogen-bond acceptors (Lipinski definition) is 2. The van der Waals surface area contributed by atoms with Crippen molar-refractivity contribution < 1.29 is 9.90 Å². The first-order chi connectivity index (χ1) is 5.54. The van der Waals surface area contributed by atoms with Gasteiger partial charge in [0.2, 0.25) is 0 Å². The van der Waals surface area contributed by atoms with Crippen LogP contribution in [0.2, 0.25) is 0 Å². The summed E-state index contributed by atoms with van der Waals surface area (Å²) in [5.74, 6) is -0.785. The van der Waals surface area contributed by atoms with Crippen LogP contribution >= 0.6 is 0 Å². The largest absolute Gasteiger partial charge is 0.481 e. The van der Waals surface area contributed by atoms with Crippen molar-refractivity contribution in [3.63, 3.8) is 0 Å². The van der Waals surface area contributed by atoms with Crippen LogP contribution < -0.4 is 0 Å². The van der Waals surface area contributed by atoms with Crippen molar-refractivity contribution in [1.82, 2.24) is 9.55 Å². The van der Waals surface area contributed by atoms with Crippen LogP contribution in [-0.2, 0) is 11.8 Å². The van der Waals surface area contributed by atoms with Crippen LogP contribution in [-0.4, -0.2) is 20.6 Å². The minimum absolute atomic E-state index is 0.538. The number of carbonyl (C=O) groups is 1. The molecule has 1 atom stereocenters. The number of hydrogen-bond donors (Lipinski definition) is 1. The molecule has 0 bridgehead atoms. The summed E-state index contributed by atoms with van der Waals surface area (Å²) >= 11 is 0. The quantitative estimate of drug-likeness (QED) is 0.714. The number of aryl methyl sites for hydroxylation is 1. The minimum atomic E-state index is -0.844. The van der Waals surface area contributed by atoms with Crippen molar-refractivity contribution in [2.45, 2.75) is 19.8 Å². The van der Waals surface area contributed by atoms with Gasteiger partial charge in [-0.05, 0) is 13.8 Å². The highest BCUT2D eigenvalue weighted by atomic mass is 16.4. The van der Waals surface area contributed by atoms with E-state index in [0.29, 0.717) is 5.82 Å². The topological polar surface area (TPSA) is 55.1 Å². The Hall–Kier alpha value is -1.32. The summed E-state index contributed by atoms with van der Waals surface area (Å²) in [5, 5.41) is 8.72. The Kier molecular flexibility index (Phi) is 2.17. The van der Waals surface area contributed by atoms with Crippen molar-refractivity contribution in [3.8, 4) is 0 Å². The Balaban J connectivity index is 3.03. The minimum Gasteiger partial charge on any atom is -0.481 e. The van der Waals surface area contributed by atoms with E-state index in [1.807, 2.05) is 14.0 Å². The zero-order chi connectivity index (χ0) is 9.30. The third kappa shape index (κ3) is 1.32. The lowest BCUT2D eigenvalue weighted by Crippen LogP contribution is -2.12. The SMILES string of the molecule is Cc1cnc(C(C)C(=O)O)n1C. The van der Waals surface area contributed by atoms with Gasteiger partial charge in [-0.15, -0.1) is 0 Å².